The van der Waals surface area contributed by atoms with Crippen molar-refractivity contribution in [3.05, 3.63) is 0 Å². The molecular weight excluding hydrogens is 339 g/mol. The molecule has 0 saturated carbocycles. The first-order valence-corrected chi connectivity index (χ1v) is 4.85. The lowest BCUT2D eigenvalue weighted by molar-refractivity contribution is -0.144. The zero-order chi connectivity index (χ0) is 10.4. The summed E-state index contributed by atoms with van der Waals surface area (Å²) in [7, 11) is 0. The minimum atomic E-state index is -2.96. The van der Waals surface area contributed by atoms with Crippen LogP contribution in [0.4, 0.5) is 0 Å². The molecule has 0 radical (unpaired) electrons. The summed E-state index contributed by atoms with van der Waals surface area (Å²) in [6, 6.07) is 0. The van der Waals surface area contributed by atoms with Gasteiger partial charge in [-0.2, -0.15) is 0 Å². The first-order chi connectivity index (χ1) is 5.91. The molecule has 22 heavy (non-hydrogen) atoms. The summed E-state index contributed by atoms with van der Waals surface area (Å²) in [6.45, 7) is 3.40. The van der Waals surface area contributed by atoms with Crippen LogP contribution in [-0.2, 0) is 25.7 Å². The molecule has 0 fully saturated rings. The van der Waals surface area contributed by atoms with E-state index in [1.165, 1.54) is 0 Å². The van der Waals surface area contributed by atoms with Crippen molar-refractivity contribution >= 4 is 33.1 Å². The van der Waals surface area contributed by atoms with Crippen molar-refractivity contribution in [3.63, 3.8) is 0 Å². The highest BCUT2D eigenvalue weighted by atomic mass is 27.3. The molecule has 0 spiro atoms. The lowest BCUT2D eigenvalue weighted by Crippen LogP contribution is -2.32. The van der Waals surface area contributed by atoms with Gasteiger partial charge in [0.15, 0.2) is 0 Å². The Morgan fingerprint density at radius 2 is 0.636 bits per heavy atom. The van der Waals surface area contributed by atoms with Crippen LogP contribution in [0.1, 0.15) is 20.8 Å². The number of hydrogen-bond acceptors (Lipinski definition) is 6. The van der Waals surface area contributed by atoms with Crippen molar-refractivity contribution in [3.8, 4) is 0 Å². The van der Waals surface area contributed by atoms with Crippen LogP contribution in [0.15, 0.2) is 0 Å². The van der Waals surface area contributed by atoms with Gasteiger partial charge in [-0.1, -0.05) is 0 Å². The molecule has 0 rings (SSSR count). The molecule has 0 aliphatic carbocycles. The highest BCUT2D eigenvalue weighted by Gasteiger charge is 2.47. The standard InChI is InChI=1S/3C2H4O2.Al.9H2O/c3*1-2(3)4;;;;;;;;;;/h3*1H3,(H,3,4);;9*1H2/q;;;+3;;;;;;;;;/p-3. The monoisotopic (exact) mass is 366 g/mol. The fourth-order valence-corrected chi connectivity index (χ4v) is 1.44. The molecule has 0 aromatic carbocycles. The third kappa shape index (κ3) is 51.3. The average Bonchev–Trinajstić information content (AvgIpc) is 1.80. The van der Waals surface area contributed by atoms with Crippen LogP contribution in [0.2, 0.25) is 0 Å². The van der Waals surface area contributed by atoms with E-state index in [-0.39, 0.29) is 49.3 Å². The average molecular weight is 366 g/mol. The largest absolute Gasteiger partial charge is 1.20 e. The van der Waals surface area contributed by atoms with E-state index in [1.807, 2.05) is 0 Å². The Morgan fingerprint density at radius 1 is 0.500 bits per heavy atom. The lowest BCUT2D eigenvalue weighted by Gasteiger charge is -2.08. The van der Waals surface area contributed by atoms with Crippen LogP contribution in [0.3, 0.4) is 0 Å². The molecular formula is C6H27AlO15. The van der Waals surface area contributed by atoms with Crippen LogP contribution in [0.25, 0.3) is 0 Å². The SMILES string of the molecule is CC(=O)[O][Al]([O]C(C)=O)[O]C(C)=O.O.O.O.O.O.O.O.O.O. The predicted molar refractivity (Wildman–Crippen MR) is 73.6 cm³/mol. The Kier molecular flexibility index (Phi) is 117. The fraction of sp³-hybridized carbons (Fsp3) is 0.500. The first-order valence-electron chi connectivity index (χ1n) is 3.43. The quantitative estimate of drug-likeness (QED) is 0.435. The summed E-state index contributed by atoms with van der Waals surface area (Å²) in [6.07, 6.45) is 0. The minimum absolute atomic E-state index is 0. The Bertz CT molecular complexity index is 194. The molecule has 0 aliphatic rings. The lowest BCUT2D eigenvalue weighted by atomic mass is 10.9. The topological polar surface area (TPSA) is 362 Å². The summed E-state index contributed by atoms with van der Waals surface area (Å²) in [5, 5.41) is 0. The van der Waals surface area contributed by atoms with Gasteiger partial charge in [0.25, 0.3) is 17.9 Å². The second-order valence-electron chi connectivity index (χ2n) is 2.12. The Hall–Kier alpha value is -1.42. The van der Waals surface area contributed by atoms with Gasteiger partial charge in [-0.05, 0) is 0 Å². The van der Waals surface area contributed by atoms with Crippen molar-refractivity contribution in [1.82, 2.24) is 0 Å². The van der Waals surface area contributed by atoms with Crippen molar-refractivity contribution in [2.45, 2.75) is 20.8 Å². The molecule has 144 valence electrons. The van der Waals surface area contributed by atoms with Crippen LogP contribution in [-0.4, -0.2) is 82.3 Å². The maximum absolute atomic E-state index is 10.4. The molecule has 0 amide bonds. The van der Waals surface area contributed by atoms with Crippen molar-refractivity contribution in [2.24, 2.45) is 0 Å². The molecule has 0 bridgehead atoms. The van der Waals surface area contributed by atoms with Crippen LogP contribution in [0.5, 0.6) is 0 Å². The van der Waals surface area contributed by atoms with Crippen molar-refractivity contribution in [1.29, 1.82) is 0 Å². The number of carbonyl (C=O) groups is 3. The third-order valence-corrected chi connectivity index (χ3v) is 2.36. The van der Waals surface area contributed by atoms with E-state index in [9.17, 15) is 14.4 Å². The zero-order valence-corrected chi connectivity index (χ0v) is 13.2. The number of rotatable bonds is 3. The highest BCUT2D eigenvalue weighted by molar-refractivity contribution is 6.43. The molecule has 0 atom stereocenters. The van der Waals surface area contributed by atoms with E-state index < -0.39 is 33.1 Å². The van der Waals surface area contributed by atoms with Gasteiger partial charge >= 0.3 is 15.1 Å². The zero-order valence-electron chi connectivity index (χ0n) is 12.0. The minimum Gasteiger partial charge on any atom is -0.551 e. The van der Waals surface area contributed by atoms with E-state index in [4.69, 9.17) is 0 Å². The Labute approximate surface area is 129 Å². The maximum Gasteiger partial charge on any atom is 1.20 e. The Morgan fingerprint density at radius 3 is 0.727 bits per heavy atom. The van der Waals surface area contributed by atoms with Gasteiger partial charge in [-0.15, -0.1) is 0 Å². The van der Waals surface area contributed by atoms with Gasteiger partial charge in [-0.25, -0.2) is 0 Å². The second kappa shape index (κ2) is 36.7. The van der Waals surface area contributed by atoms with E-state index in [0.29, 0.717) is 0 Å². The van der Waals surface area contributed by atoms with Crippen LogP contribution >= 0.6 is 0 Å². The summed E-state index contributed by atoms with van der Waals surface area (Å²) < 4.78 is 13.5. The molecule has 0 aromatic rings. The van der Waals surface area contributed by atoms with E-state index in [2.05, 4.69) is 11.4 Å². The van der Waals surface area contributed by atoms with Gasteiger partial charge in [0.2, 0.25) is 0 Å². The molecule has 15 nitrogen and oxygen atoms in total. The van der Waals surface area contributed by atoms with E-state index in [1.54, 1.807) is 0 Å². The first kappa shape index (κ1) is 70.5. The third-order valence-electron chi connectivity index (χ3n) is 0.787. The van der Waals surface area contributed by atoms with Gasteiger partial charge < -0.3 is 60.7 Å². The number of carbonyl (C=O) groups excluding carboxylic acids is 3. The second-order valence-corrected chi connectivity index (χ2v) is 3.40. The van der Waals surface area contributed by atoms with Gasteiger partial charge in [0, 0.05) is 20.8 Å². The van der Waals surface area contributed by atoms with Gasteiger partial charge in [-0.3, -0.25) is 14.4 Å². The number of hydrogen-bond donors (Lipinski definition) is 0. The smallest absolute Gasteiger partial charge is 0.551 e. The molecule has 0 heterocycles. The predicted octanol–water partition coefficient (Wildman–Crippen LogP) is -7.76. The fourth-order valence-electron chi connectivity index (χ4n) is 0.479. The molecule has 0 aliphatic heterocycles. The molecule has 18 N–H and O–H groups in total. The Balaban J connectivity index is -0.0000000200. The maximum atomic E-state index is 10.4. The molecule has 0 saturated heterocycles. The van der Waals surface area contributed by atoms with Crippen molar-refractivity contribution in [2.75, 3.05) is 0 Å². The normalized spacial score (nSPS) is 5.05. The van der Waals surface area contributed by atoms with Crippen molar-refractivity contribution < 1.29 is 75.0 Å². The summed E-state index contributed by atoms with van der Waals surface area (Å²) in [5.41, 5.74) is 0. The molecule has 16 heteroatoms. The van der Waals surface area contributed by atoms with E-state index >= 15 is 0 Å². The summed E-state index contributed by atoms with van der Waals surface area (Å²) >= 11 is -2.96. The summed E-state index contributed by atoms with van der Waals surface area (Å²) in [5.74, 6) is -1.96. The van der Waals surface area contributed by atoms with Crippen LogP contribution in [0, 0.1) is 0 Å². The van der Waals surface area contributed by atoms with E-state index in [0.717, 1.165) is 20.8 Å². The molecule has 0 unspecified atom stereocenters. The molecule has 0 aromatic heterocycles. The van der Waals surface area contributed by atoms with Gasteiger partial charge in [0.05, 0.1) is 0 Å². The highest BCUT2D eigenvalue weighted by Crippen LogP contribution is 1.94. The summed E-state index contributed by atoms with van der Waals surface area (Å²) in [4.78, 5) is 31.3. The van der Waals surface area contributed by atoms with Gasteiger partial charge in [0.1, 0.15) is 0 Å². The van der Waals surface area contributed by atoms with Crippen LogP contribution < -0.4 is 0 Å².